The molecule has 0 amide bonds. The van der Waals surface area contributed by atoms with Crippen molar-refractivity contribution in [1.29, 1.82) is 0 Å². The largest absolute Gasteiger partial charge is 0.294 e. The maximum atomic E-state index is 12.6. The fourth-order valence-corrected chi connectivity index (χ4v) is 3.71. The lowest BCUT2D eigenvalue weighted by atomic mass is 10.0. The molecule has 5 nitrogen and oxygen atoms in total. The normalized spacial score (nSPS) is 15.0. The summed E-state index contributed by atoms with van der Waals surface area (Å²) in [6.07, 6.45) is 3.03. The van der Waals surface area contributed by atoms with Crippen LogP contribution >= 0.6 is 0 Å². The van der Waals surface area contributed by atoms with E-state index in [4.69, 9.17) is 0 Å². The number of rotatable bonds is 2. The van der Waals surface area contributed by atoms with Crippen LogP contribution in [0.4, 0.5) is 5.69 Å². The van der Waals surface area contributed by atoms with Crippen LogP contribution < -0.4 is 4.31 Å². The maximum absolute atomic E-state index is 12.6. The SMILES string of the molecule is O=C1CCN(S(=O)(=O)c2cccnc2)c2ccccc21. The molecule has 1 aliphatic heterocycles. The van der Waals surface area contributed by atoms with Crippen molar-refractivity contribution in [3.8, 4) is 0 Å². The van der Waals surface area contributed by atoms with Crippen LogP contribution in [0, 0.1) is 0 Å². The van der Waals surface area contributed by atoms with Gasteiger partial charge in [0.05, 0.1) is 5.69 Å². The number of Topliss-reactive ketones (excluding diaryl/α,β-unsaturated/α-hetero) is 1. The van der Waals surface area contributed by atoms with Crippen molar-refractivity contribution in [1.82, 2.24) is 4.98 Å². The van der Waals surface area contributed by atoms with Gasteiger partial charge in [0, 0.05) is 30.9 Å². The summed E-state index contributed by atoms with van der Waals surface area (Å²) in [7, 11) is -3.68. The number of hydrogen-bond donors (Lipinski definition) is 0. The van der Waals surface area contributed by atoms with E-state index in [0.29, 0.717) is 11.3 Å². The number of fused-ring (bicyclic) bond motifs is 1. The highest BCUT2D eigenvalue weighted by Gasteiger charge is 2.31. The molecule has 2 aromatic rings. The predicted octanol–water partition coefficient (Wildman–Crippen LogP) is 1.86. The highest BCUT2D eigenvalue weighted by atomic mass is 32.2. The van der Waals surface area contributed by atoms with Crippen LogP contribution in [0.2, 0.25) is 0 Å². The summed E-state index contributed by atoms with van der Waals surface area (Å²) in [4.78, 5) is 15.8. The molecule has 102 valence electrons. The van der Waals surface area contributed by atoms with E-state index < -0.39 is 10.0 Å². The van der Waals surface area contributed by atoms with Crippen LogP contribution in [-0.4, -0.2) is 25.7 Å². The molecule has 1 aromatic carbocycles. The molecule has 0 atom stereocenters. The zero-order valence-electron chi connectivity index (χ0n) is 10.6. The maximum Gasteiger partial charge on any atom is 0.265 e. The number of pyridine rings is 1. The third-order valence-electron chi connectivity index (χ3n) is 3.24. The number of anilines is 1. The number of benzene rings is 1. The van der Waals surface area contributed by atoms with Gasteiger partial charge in [0.15, 0.2) is 5.78 Å². The molecule has 1 aliphatic rings. The molecular weight excluding hydrogens is 276 g/mol. The van der Waals surface area contributed by atoms with Crippen molar-refractivity contribution in [2.45, 2.75) is 11.3 Å². The summed E-state index contributed by atoms with van der Waals surface area (Å²) in [6, 6.07) is 9.85. The van der Waals surface area contributed by atoms with Crippen molar-refractivity contribution >= 4 is 21.5 Å². The van der Waals surface area contributed by atoms with Gasteiger partial charge in [-0.25, -0.2) is 8.42 Å². The molecule has 0 saturated carbocycles. The van der Waals surface area contributed by atoms with E-state index in [1.54, 1.807) is 30.3 Å². The number of aromatic nitrogens is 1. The summed E-state index contributed by atoms with van der Waals surface area (Å²) < 4.78 is 26.5. The zero-order valence-corrected chi connectivity index (χ0v) is 11.4. The smallest absolute Gasteiger partial charge is 0.265 e. The van der Waals surface area contributed by atoms with Gasteiger partial charge >= 0.3 is 0 Å². The fourth-order valence-electron chi connectivity index (χ4n) is 2.26. The van der Waals surface area contributed by atoms with Gasteiger partial charge in [-0.15, -0.1) is 0 Å². The summed E-state index contributed by atoms with van der Waals surface area (Å²) in [5, 5.41) is 0. The minimum atomic E-state index is -3.68. The standard InChI is InChI=1S/C14H12N2O3S/c17-14-7-9-16(13-6-2-1-5-12(13)14)20(18,19)11-4-3-8-15-10-11/h1-6,8,10H,7,9H2. The Hall–Kier alpha value is -2.21. The number of carbonyl (C=O) groups excluding carboxylic acids is 1. The molecule has 0 unspecified atom stereocenters. The van der Waals surface area contributed by atoms with Crippen molar-refractivity contribution in [3.63, 3.8) is 0 Å². The summed E-state index contributed by atoms with van der Waals surface area (Å²) in [5.41, 5.74) is 0.888. The van der Waals surface area contributed by atoms with Gasteiger partial charge < -0.3 is 0 Å². The highest BCUT2D eigenvalue weighted by Crippen LogP contribution is 2.31. The first-order chi connectivity index (χ1) is 9.60. The van der Waals surface area contributed by atoms with Gasteiger partial charge in [0.2, 0.25) is 0 Å². The van der Waals surface area contributed by atoms with Gasteiger partial charge in [-0.1, -0.05) is 12.1 Å². The number of para-hydroxylation sites is 1. The Balaban J connectivity index is 2.13. The molecule has 0 N–H and O–H groups in total. The van der Waals surface area contributed by atoms with Crippen LogP contribution in [0.15, 0.2) is 53.7 Å². The average Bonchev–Trinajstić information content (AvgIpc) is 2.48. The Morgan fingerprint density at radius 1 is 1.10 bits per heavy atom. The van der Waals surface area contributed by atoms with Gasteiger partial charge in [-0.2, -0.15) is 0 Å². The Morgan fingerprint density at radius 3 is 2.65 bits per heavy atom. The van der Waals surface area contributed by atoms with Gasteiger partial charge in [0.25, 0.3) is 10.0 Å². The predicted molar refractivity (Wildman–Crippen MR) is 74.2 cm³/mol. The number of sulfonamides is 1. The van der Waals surface area contributed by atoms with Gasteiger partial charge in [0.1, 0.15) is 4.90 Å². The lowest BCUT2D eigenvalue weighted by Gasteiger charge is -2.29. The second-order valence-corrected chi connectivity index (χ2v) is 6.32. The second kappa shape index (κ2) is 4.72. The minimum absolute atomic E-state index is 0.0294. The summed E-state index contributed by atoms with van der Waals surface area (Å²) in [6.45, 7) is 0.160. The Kier molecular flexibility index (Phi) is 3.02. The molecular formula is C14H12N2O3S. The van der Waals surface area contributed by atoms with Crippen molar-refractivity contribution < 1.29 is 13.2 Å². The molecule has 6 heteroatoms. The molecule has 3 rings (SSSR count). The molecule has 0 aliphatic carbocycles. The van der Waals surface area contributed by atoms with E-state index >= 15 is 0 Å². The number of hydrogen-bond acceptors (Lipinski definition) is 4. The molecule has 2 heterocycles. The van der Waals surface area contributed by atoms with Crippen LogP contribution in [0.3, 0.4) is 0 Å². The van der Waals surface area contributed by atoms with E-state index in [-0.39, 0.29) is 23.6 Å². The monoisotopic (exact) mass is 288 g/mol. The number of ketones is 1. The van der Waals surface area contributed by atoms with E-state index in [1.807, 2.05) is 0 Å². The molecule has 20 heavy (non-hydrogen) atoms. The minimum Gasteiger partial charge on any atom is -0.294 e. The van der Waals surface area contributed by atoms with Gasteiger partial charge in [-0.3, -0.25) is 14.1 Å². The van der Waals surface area contributed by atoms with E-state index in [0.717, 1.165) is 0 Å². The fraction of sp³-hybridized carbons (Fsp3) is 0.143. The molecule has 0 fully saturated rings. The molecule has 0 bridgehead atoms. The first-order valence-corrected chi connectivity index (χ1v) is 7.60. The van der Waals surface area contributed by atoms with Crippen LogP contribution in [-0.2, 0) is 10.0 Å². The third kappa shape index (κ3) is 1.98. The Morgan fingerprint density at radius 2 is 1.90 bits per heavy atom. The zero-order chi connectivity index (χ0) is 14.2. The van der Waals surface area contributed by atoms with Crippen molar-refractivity contribution in [2.24, 2.45) is 0 Å². The highest BCUT2D eigenvalue weighted by molar-refractivity contribution is 7.92. The van der Waals surface area contributed by atoms with E-state index in [2.05, 4.69) is 4.98 Å². The summed E-state index contributed by atoms with van der Waals surface area (Å²) in [5.74, 6) is -0.0294. The lowest BCUT2D eigenvalue weighted by Crippen LogP contribution is -2.37. The quantitative estimate of drug-likeness (QED) is 0.846. The van der Waals surface area contributed by atoms with Crippen molar-refractivity contribution in [2.75, 3.05) is 10.8 Å². The second-order valence-electron chi connectivity index (χ2n) is 4.46. The molecule has 0 radical (unpaired) electrons. The Labute approximate surface area is 116 Å². The third-order valence-corrected chi connectivity index (χ3v) is 5.03. The first-order valence-electron chi connectivity index (χ1n) is 6.16. The van der Waals surface area contributed by atoms with Crippen LogP contribution in [0.25, 0.3) is 0 Å². The van der Waals surface area contributed by atoms with Crippen LogP contribution in [0.5, 0.6) is 0 Å². The molecule has 0 spiro atoms. The Bertz CT molecular complexity index is 757. The lowest BCUT2D eigenvalue weighted by molar-refractivity contribution is 0.0982. The number of nitrogens with zero attached hydrogens (tertiary/aromatic N) is 2. The first kappa shape index (κ1) is 12.8. The topological polar surface area (TPSA) is 67.3 Å². The van der Waals surface area contributed by atoms with Gasteiger partial charge in [-0.05, 0) is 24.3 Å². The molecule has 1 aromatic heterocycles. The molecule has 0 saturated heterocycles. The van der Waals surface area contributed by atoms with Crippen LogP contribution in [0.1, 0.15) is 16.8 Å². The number of carbonyl (C=O) groups is 1. The van der Waals surface area contributed by atoms with E-state index in [1.165, 1.54) is 22.8 Å². The summed E-state index contributed by atoms with van der Waals surface area (Å²) >= 11 is 0. The van der Waals surface area contributed by atoms with Crippen molar-refractivity contribution in [3.05, 3.63) is 54.4 Å². The van der Waals surface area contributed by atoms with E-state index in [9.17, 15) is 13.2 Å². The average molecular weight is 288 g/mol.